The van der Waals surface area contributed by atoms with E-state index in [4.69, 9.17) is 15.2 Å². The Hall–Kier alpha value is -2.97. The van der Waals surface area contributed by atoms with E-state index in [2.05, 4.69) is 15.3 Å². The average Bonchev–Trinajstić information content (AvgIpc) is 2.84. The molecule has 138 valence electrons. The van der Waals surface area contributed by atoms with E-state index in [1.807, 2.05) is 0 Å². The third-order valence-electron chi connectivity index (χ3n) is 3.57. The van der Waals surface area contributed by atoms with E-state index >= 15 is 0 Å². The molecule has 6 nitrogen and oxygen atoms in total. The zero-order valence-corrected chi connectivity index (χ0v) is 13.7. The molecular formula is C17H17F3N4O2. The van der Waals surface area contributed by atoms with Gasteiger partial charge in [0.1, 0.15) is 5.69 Å². The number of pyridine rings is 1. The highest BCUT2D eigenvalue weighted by atomic mass is 19.4. The summed E-state index contributed by atoms with van der Waals surface area (Å²) >= 11 is 0. The van der Waals surface area contributed by atoms with Crippen LogP contribution in [0.15, 0.2) is 41.5 Å². The van der Waals surface area contributed by atoms with E-state index in [1.165, 1.54) is 6.07 Å². The van der Waals surface area contributed by atoms with Crippen molar-refractivity contribution in [3.63, 3.8) is 0 Å². The first-order chi connectivity index (χ1) is 12.4. The second-order valence-electron chi connectivity index (χ2n) is 5.59. The molecule has 0 amide bonds. The van der Waals surface area contributed by atoms with Crippen LogP contribution in [0.2, 0.25) is 0 Å². The predicted octanol–water partition coefficient (Wildman–Crippen LogP) is 3.19. The smallest absolute Gasteiger partial charge is 0.433 e. The van der Waals surface area contributed by atoms with Gasteiger partial charge >= 0.3 is 6.18 Å². The van der Waals surface area contributed by atoms with Crippen LogP contribution >= 0.6 is 0 Å². The summed E-state index contributed by atoms with van der Waals surface area (Å²) in [7, 11) is 0. The lowest BCUT2D eigenvalue weighted by Crippen LogP contribution is -2.22. The lowest BCUT2D eigenvalue weighted by Gasteiger charge is -2.11. The SMILES string of the molecule is NC(=NCc1ccnc(C(F)(F)F)c1)Nc1ccc2c(c1)OCCCO2. The van der Waals surface area contributed by atoms with E-state index in [0.29, 0.717) is 36.0 Å². The molecule has 0 atom stereocenters. The molecule has 1 aliphatic heterocycles. The molecule has 0 saturated heterocycles. The quantitative estimate of drug-likeness (QED) is 0.644. The first-order valence-corrected chi connectivity index (χ1v) is 7.90. The van der Waals surface area contributed by atoms with Crippen molar-refractivity contribution in [2.45, 2.75) is 19.1 Å². The molecule has 0 bridgehead atoms. The fourth-order valence-corrected chi connectivity index (χ4v) is 2.33. The van der Waals surface area contributed by atoms with Crippen molar-refractivity contribution in [1.29, 1.82) is 0 Å². The van der Waals surface area contributed by atoms with Gasteiger partial charge in [0.05, 0.1) is 19.8 Å². The van der Waals surface area contributed by atoms with Gasteiger partial charge in [-0.05, 0) is 29.8 Å². The van der Waals surface area contributed by atoms with Crippen molar-refractivity contribution >= 4 is 11.6 Å². The second kappa shape index (κ2) is 7.51. The summed E-state index contributed by atoms with van der Waals surface area (Å²) in [5.74, 6) is 1.33. The molecule has 0 saturated carbocycles. The van der Waals surface area contributed by atoms with Crippen LogP contribution in [0.4, 0.5) is 18.9 Å². The van der Waals surface area contributed by atoms with Gasteiger partial charge in [-0.15, -0.1) is 0 Å². The number of rotatable bonds is 3. The molecule has 0 radical (unpaired) electrons. The summed E-state index contributed by atoms with van der Waals surface area (Å²) in [4.78, 5) is 7.37. The Labute approximate surface area is 147 Å². The zero-order chi connectivity index (χ0) is 18.6. The number of aliphatic imine (C=N–C) groups is 1. The van der Waals surface area contributed by atoms with Gasteiger partial charge in [0, 0.05) is 24.4 Å². The van der Waals surface area contributed by atoms with Crippen LogP contribution in [0.3, 0.4) is 0 Å². The topological polar surface area (TPSA) is 81.8 Å². The maximum Gasteiger partial charge on any atom is 0.433 e. The van der Waals surface area contributed by atoms with Crippen LogP contribution in [0.25, 0.3) is 0 Å². The van der Waals surface area contributed by atoms with Crippen LogP contribution in [-0.4, -0.2) is 24.2 Å². The number of nitrogens with one attached hydrogen (secondary N) is 1. The molecular weight excluding hydrogens is 349 g/mol. The maximum absolute atomic E-state index is 12.7. The van der Waals surface area contributed by atoms with E-state index < -0.39 is 11.9 Å². The Balaban J connectivity index is 1.67. The number of nitrogens with two attached hydrogens (primary N) is 1. The van der Waals surface area contributed by atoms with Crippen molar-refractivity contribution < 1.29 is 22.6 Å². The van der Waals surface area contributed by atoms with Gasteiger partial charge in [-0.1, -0.05) is 0 Å². The Morgan fingerprint density at radius 2 is 1.92 bits per heavy atom. The fourth-order valence-electron chi connectivity index (χ4n) is 2.33. The van der Waals surface area contributed by atoms with E-state index in [-0.39, 0.29) is 12.5 Å². The van der Waals surface area contributed by atoms with Gasteiger partial charge in [0.25, 0.3) is 0 Å². The molecule has 26 heavy (non-hydrogen) atoms. The average molecular weight is 366 g/mol. The number of halogens is 3. The van der Waals surface area contributed by atoms with Crippen molar-refractivity contribution in [2.24, 2.45) is 10.7 Å². The van der Waals surface area contributed by atoms with Crippen LogP contribution in [0.1, 0.15) is 17.7 Å². The highest BCUT2D eigenvalue weighted by Gasteiger charge is 2.32. The summed E-state index contributed by atoms with van der Waals surface area (Å²) in [6, 6.07) is 7.65. The van der Waals surface area contributed by atoms with Gasteiger partial charge in [0.15, 0.2) is 17.5 Å². The van der Waals surface area contributed by atoms with Crippen LogP contribution in [0.5, 0.6) is 11.5 Å². The van der Waals surface area contributed by atoms with Gasteiger partial charge in [-0.25, -0.2) is 4.99 Å². The summed E-state index contributed by atoms with van der Waals surface area (Å²) in [5.41, 5.74) is 5.85. The third-order valence-corrected chi connectivity index (χ3v) is 3.57. The van der Waals surface area contributed by atoms with Gasteiger partial charge in [-0.3, -0.25) is 4.98 Å². The normalized spacial score (nSPS) is 14.7. The van der Waals surface area contributed by atoms with E-state index in [0.717, 1.165) is 18.7 Å². The largest absolute Gasteiger partial charge is 0.490 e. The minimum Gasteiger partial charge on any atom is -0.490 e. The Morgan fingerprint density at radius 3 is 2.69 bits per heavy atom. The minimum atomic E-state index is -4.49. The third kappa shape index (κ3) is 4.56. The molecule has 0 aliphatic carbocycles. The molecule has 0 spiro atoms. The van der Waals surface area contributed by atoms with Gasteiger partial charge < -0.3 is 20.5 Å². The Morgan fingerprint density at radius 1 is 1.15 bits per heavy atom. The number of fused-ring (bicyclic) bond motifs is 1. The molecule has 3 rings (SSSR count). The number of alkyl halides is 3. The number of ether oxygens (including phenoxy) is 2. The molecule has 0 fully saturated rings. The highest BCUT2D eigenvalue weighted by Crippen LogP contribution is 2.32. The molecule has 9 heteroatoms. The summed E-state index contributed by atoms with van der Waals surface area (Å²) in [6.45, 7) is 1.15. The zero-order valence-electron chi connectivity index (χ0n) is 13.7. The number of anilines is 1. The van der Waals surface area contributed by atoms with E-state index in [1.54, 1.807) is 18.2 Å². The fraction of sp³-hybridized carbons (Fsp3) is 0.294. The van der Waals surface area contributed by atoms with Crippen molar-refractivity contribution in [1.82, 2.24) is 4.98 Å². The molecule has 1 aromatic carbocycles. The summed E-state index contributed by atoms with van der Waals surface area (Å²) in [6.07, 6.45) is -2.60. The first-order valence-electron chi connectivity index (χ1n) is 7.90. The minimum absolute atomic E-state index is 0.00498. The van der Waals surface area contributed by atoms with Crippen LogP contribution in [-0.2, 0) is 12.7 Å². The monoisotopic (exact) mass is 366 g/mol. The van der Waals surface area contributed by atoms with Crippen molar-refractivity contribution in [3.05, 3.63) is 47.8 Å². The number of hydrogen-bond acceptors (Lipinski definition) is 4. The number of guanidine groups is 1. The summed E-state index contributed by atoms with van der Waals surface area (Å²) < 4.78 is 49.1. The van der Waals surface area contributed by atoms with Crippen LogP contribution in [0, 0.1) is 0 Å². The molecule has 0 unspecified atom stereocenters. The van der Waals surface area contributed by atoms with Crippen molar-refractivity contribution in [2.75, 3.05) is 18.5 Å². The number of nitrogens with zero attached hydrogens (tertiary/aromatic N) is 2. The number of hydrogen-bond donors (Lipinski definition) is 2. The molecule has 1 aliphatic rings. The lowest BCUT2D eigenvalue weighted by atomic mass is 10.2. The highest BCUT2D eigenvalue weighted by molar-refractivity contribution is 5.92. The predicted molar refractivity (Wildman–Crippen MR) is 90.2 cm³/mol. The Bertz CT molecular complexity index is 809. The Kier molecular flexibility index (Phi) is 5.15. The number of benzene rings is 1. The van der Waals surface area contributed by atoms with Crippen molar-refractivity contribution in [3.8, 4) is 11.5 Å². The molecule has 1 aromatic heterocycles. The van der Waals surface area contributed by atoms with Crippen LogP contribution < -0.4 is 20.5 Å². The lowest BCUT2D eigenvalue weighted by molar-refractivity contribution is -0.141. The maximum atomic E-state index is 12.7. The number of aromatic nitrogens is 1. The molecule has 2 heterocycles. The van der Waals surface area contributed by atoms with Gasteiger partial charge in [-0.2, -0.15) is 13.2 Å². The first kappa shape index (κ1) is 17.8. The molecule has 2 aromatic rings. The molecule has 3 N–H and O–H groups in total. The summed E-state index contributed by atoms with van der Waals surface area (Å²) in [5, 5.41) is 2.88. The second-order valence-corrected chi connectivity index (χ2v) is 5.59. The standard InChI is InChI=1S/C17H17F3N4O2/c18-17(19,20)15-8-11(4-5-22-15)10-23-16(21)24-12-2-3-13-14(9-12)26-7-1-6-25-13/h2-5,8-9H,1,6-7,10H2,(H3,21,23,24). The van der Waals surface area contributed by atoms with E-state index in [9.17, 15) is 13.2 Å². The van der Waals surface area contributed by atoms with Gasteiger partial charge in [0.2, 0.25) is 0 Å².